The Bertz CT molecular complexity index is 1250. The van der Waals surface area contributed by atoms with Crippen LogP contribution in [0, 0.1) is 12.7 Å². The van der Waals surface area contributed by atoms with E-state index in [1.54, 1.807) is 24.3 Å². The van der Waals surface area contributed by atoms with Crippen molar-refractivity contribution < 1.29 is 27.1 Å². The molecule has 0 saturated heterocycles. The predicted octanol–water partition coefficient (Wildman–Crippen LogP) is 3.74. The van der Waals surface area contributed by atoms with E-state index < -0.39 is 28.3 Å². The molecule has 9 heteroatoms. The Hall–Kier alpha value is -3.59. The number of hydrogen-bond donors (Lipinski definition) is 1. The number of hydrogen-bond acceptors (Lipinski definition) is 5. The molecule has 0 spiro atoms. The van der Waals surface area contributed by atoms with Gasteiger partial charge in [0.25, 0.3) is 10.0 Å². The number of amides is 1. The van der Waals surface area contributed by atoms with E-state index in [4.69, 9.17) is 9.47 Å². The summed E-state index contributed by atoms with van der Waals surface area (Å²) in [5, 5.41) is 2.54. The Morgan fingerprint density at radius 3 is 2.44 bits per heavy atom. The fourth-order valence-electron chi connectivity index (χ4n) is 3.23. The van der Waals surface area contributed by atoms with Gasteiger partial charge in [-0.3, -0.25) is 9.10 Å². The van der Waals surface area contributed by atoms with Crippen LogP contribution in [0.15, 0.2) is 71.6 Å². The van der Waals surface area contributed by atoms with E-state index in [0.717, 1.165) is 15.9 Å². The third-order valence-electron chi connectivity index (χ3n) is 4.82. The molecule has 1 amide bonds. The zero-order valence-electron chi connectivity index (χ0n) is 17.2. The molecule has 3 aromatic carbocycles. The lowest BCUT2D eigenvalue weighted by Gasteiger charge is -2.25. The summed E-state index contributed by atoms with van der Waals surface area (Å²) in [5.41, 5.74) is 1.49. The van der Waals surface area contributed by atoms with Crippen molar-refractivity contribution in [2.75, 3.05) is 29.4 Å². The van der Waals surface area contributed by atoms with E-state index in [2.05, 4.69) is 5.32 Å². The first kappa shape index (κ1) is 21.6. The fraction of sp³-hybridized carbons (Fsp3) is 0.174. The summed E-state index contributed by atoms with van der Waals surface area (Å²) in [5.74, 6) is -0.342. The second-order valence-corrected chi connectivity index (χ2v) is 9.07. The molecule has 166 valence electrons. The van der Waals surface area contributed by atoms with Gasteiger partial charge in [0.05, 0.1) is 10.6 Å². The van der Waals surface area contributed by atoms with Gasteiger partial charge in [0, 0.05) is 11.8 Å². The summed E-state index contributed by atoms with van der Waals surface area (Å²) in [6, 6.07) is 16.5. The lowest BCUT2D eigenvalue weighted by Crippen LogP contribution is -2.38. The van der Waals surface area contributed by atoms with Crippen molar-refractivity contribution in [3.8, 4) is 11.5 Å². The molecule has 0 aliphatic carbocycles. The lowest BCUT2D eigenvalue weighted by molar-refractivity contribution is -0.114. The first-order valence-corrected chi connectivity index (χ1v) is 11.3. The second kappa shape index (κ2) is 8.88. The van der Waals surface area contributed by atoms with Gasteiger partial charge in [-0.25, -0.2) is 12.8 Å². The number of nitrogens with zero attached hydrogens (tertiary/aromatic N) is 1. The van der Waals surface area contributed by atoms with Crippen LogP contribution in [-0.2, 0) is 14.8 Å². The maximum Gasteiger partial charge on any atom is 0.264 e. The predicted molar refractivity (Wildman–Crippen MR) is 118 cm³/mol. The zero-order chi connectivity index (χ0) is 22.7. The van der Waals surface area contributed by atoms with Crippen LogP contribution in [0.2, 0.25) is 0 Å². The number of anilines is 2. The normalized spacial score (nSPS) is 12.8. The number of ether oxygens (including phenoxy) is 2. The van der Waals surface area contributed by atoms with Crippen LogP contribution in [0.1, 0.15) is 5.56 Å². The number of carbonyl (C=O) groups excluding carboxylic acids is 1. The first-order valence-electron chi connectivity index (χ1n) is 9.87. The summed E-state index contributed by atoms with van der Waals surface area (Å²) < 4.78 is 52.5. The quantitative estimate of drug-likeness (QED) is 0.611. The van der Waals surface area contributed by atoms with Crippen LogP contribution < -0.4 is 19.1 Å². The van der Waals surface area contributed by atoms with Crippen molar-refractivity contribution >= 4 is 27.3 Å². The number of fused-ring (bicyclic) bond motifs is 1. The Morgan fingerprint density at radius 1 is 1.00 bits per heavy atom. The van der Waals surface area contributed by atoms with Gasteiger partial charge in [-0.15, -0.1) is 0 Å². The highest BCUT2D eigenvalue weighted by atomic mass is 32.2. The molecular formula is C23H21FN2O5S. The van der Waals surface area contributed by atoms with Gasteiger partial charge in [0.2, 0.25) is 5.91 Å². The van der Waals surface area contributed by atoms with Gasteiger partial charge >= 0.3 is 0 Å². The van der Waals surface area contributed by atoms with E-state index in [1.165, 1.54) is 36.4 Å². The minimum absolute atomic E-state index is 0.0409. The molecule has 1 aliphatic heterocycles. The zero-order valence-corrected chi connectivity index (χ0v) is 18.1. The molecule has 4 rings (SSSR count). The topological polar surface area (TPSA) is 84.9 Å². The highest BCUT2D eigenvalue weighted by Crippen LogP contribution is 2.34. The fourth-order valence-corrected chi connectivity index (χ4v) is 4.67. The summed E-state index contributed by atoms with van der Waals surface area (Å²) in [6.07, 6.45) is 0. The smallest absolute Gasteiger partial charge is 0.264 e. The molecule has 1 N–H and O–H groups in total. The Morgan fingerprint density at radius 2 is 1.72 bits per heavy atom. The minimum atomic E-state index is -4.13. The van der Waals surface area contributed by atoms with Crippen LogP contribution >= 0.6 is 0 Å². The van der Waals surface area contributed by atoms with E-state index >= 15 is 0 Å². The third-order valence-corrected chi connectivity index (χ3v) is 6.59. The summed E-state index contributed by atoms with van der Waals surface area (Å²) in [7, 11) is -4.13. The van der Waals surface area contributed by atoms with Crippen LogP contribution in [0.25, 0.3) is 0 Å². The van der Waals surface area contributed by atoms with Crippen molar-refractivity contribution in [1.82, 2.24) is 0 Å². The molecule has 0 saturated carbocycles. The number of rotatable bonds is 6. The Labute approximate surface area is 185 Å². The monoisotopic (exact) mass is 456 g/mol. The molecule has 0 bridgehead atoms. The molecule has 1 heterocycles. The third kappa shape index (κ3) is 4.67. The number of aryl methyl sites for hydroxylation is 1. The Balaban J connectivity index is 1.67. The number of benzene rings is 3. The Kier molecular flexibility index (Phi) is 6.00. The van der Waals surface area contributed by atoms with E-state index in [9.17, 15) is 17.6 Å². The first-order chi connectivity index (χ1) is 15.3. The number of carbonyl (C=O) groups is 1. The van der Waals surface area contributed by atoms with Gasteiger partial charge in [-0.2, -0.15) is 0 Å². The number of nitrogens with one attached hydrogen (secondary N) is 1. The van der Waals surface area contributed by atoms with E-state index in [0.29, 0.717) is 30.4 Å². The average molecular weight is 456 g/mol. The molecule has 7 nitrogen and oxygen atoms in total. The average Bonchev–Trinajstić information content (AvgIpc) is 2.78. The molecule has 0 aromatic heterocycles. The second-order valence-electron chi connectivity index (χ2n) is 7.21. The largest absolute Gasteiger partial charge is 0.486 e. The molecule has 0 unspecified atom stereocenters. The van der Waals surface area contributed by atoms with Crippen LogP contribution in [0.5, 0.6) is 11.5 Å². The molecule has 0 fully saturated rings. The van der Waals surface area contributed by atoms with Gasteiger partial charge in [-0.05, 0) is 49.4 Å². The van der Waals surface area contributed by atoms with Gasteiger partial charge in [-0.1, -0.05) is 23.8 Å². The van der Waals surface area contributed by atoms with Gasteiger partial charge in [0.15, 0.2) is 11.5 Å². The molecule has 0 atom stereocenters. The van der Waals surface area contributed by atoms with Crippen LogP contribution in [0.4, 0.5) is 15.8 Å². The van der Waals surface area contributed by atoms with Crippen LogP contribution in [0.3, 0.4) is 0 Å². The molecule has 3 aromatic rings. The highest BCUT2D eigenvalue weighted by molar-refractivity contribution is 7.92. The van der Waals surface area contributed by atoms with Crippen molar-refractivity contribution in [3.63, 3.8) is 0 Å². The maximum atomic E-state index is 13.5. The van der Waals surface area contributed by atoms with Crippen molar-refractivity contribution in [3.05, 3.63) is 78.1 Å². The minimum Gasteiger partial charge on any atom is -0.486 e. The maximum absolute atomic E-state index is 13.5. The van der Waals surface area contributed by atoms with Crippen LogP contribution in [-0.4, -0.2) is 34.1 Å². The number of halogens is 1. The van der Waals surface area contributed by atoms with Gasteiger partial charge in [0.1, 0.15) is 25.6 Å². The molecule has 32 heavy (non-hydrogen) atoms. The van der Waals surface area contributed by atoms with E-state index in [1.807, 2.05) is 6.92 Å². The SMILES string of the molecule is Cc1ccc(N(CC(=O)Nc2cccc(F)c2)S(=O)(=O)c2ccc3c(c2)OCCO3)cc1. The van der Waals surface area contributed by atoms with Crippen molar-refractivity contribution in [2.24, 2.45) is 0 Å². The standard InChI is InChI=1S/C23H21FN2O5S/c1-16-5-7-19(8-6-16)26(15-23(27)25-18-4-2-3-17(24)13-18)32(28,29)20-9-10-21-22(14-20)31-12-11-30-21/h2-10,13-14H,11-12,15H2,1H3,(H,25,27). The molecule has 1 aliphatic rings. The van der Waals surface area contributed by atoms with Crippen molar-refractivity contribution in [1.29, 1.82) is 0 Å². The lowest BCUT2D eigenvalue weighted by atomic mass is 10.2. The summed E-state index contributed by atoms with van der Waals surface area (Å²) in [6.45, 7) is 2.07. The molecule has 0 radical (unpaired) electrons. The van der Waals surface area contributed by atoms with E-state index in [-0.39, 0.29) is 10.6 Å². The summed E-state index contributed by atoms with van der Waals surface area (Å²) >= 11 is 0. The van der Waals surface area contributed by atoms with Crippen molar-refractivity contribution in [2.45, 2.75) is 11.8 Å². The van der Waals surface area contributed by atoms with Gasteiger partial charge < -0.3 is 14.8 Å². The number of sulfonamides is 1. The highest BCUT2D eigenvalue weighted by Gasteiger charge is 2.29. The molecular weight excluding hydrogens is 435 g/mol. The summed E-state index contributed by atoms with van der Waals surface area (Å²) in [4.78, 5) is 12.7.